The number of aryl methyl sites for hydroxylation is 2. The number of rotatable bonds is 11. The Hall–Kier alpha value is -4.30. The summed E-state index contributed by atoms with van der Waals surface area (Å²) in [6.45, 7) is 8.90. The van der Waals surface area contributed by atoms with Crippen molar-refractivity contribution < 1.29 is 38.3 Å². The number of methoxy groups -OCH3 is 2. The van der Waals surface area contributed by atoms with E-state index in [1.165, 1.54) is 18.2 Å². The van der Waals surface area contributed by atoms with Gasteiger partial charge in [-0.15, -0.1) is 11.6 Å². The quantitative estimate of drug-likeness (QED) is 0.0624. The van der Waals surface area contributed by atoms with Gasteiger partial charge in [-0.25, -0.2) is 4.79 Å². The highest BCUT2D eigenvalue weighted by Crippen LogP contribution is 2.36. The molecule has 57 heavy (non-hydrogen) atoms. The van der Waals surface area contributed by atoms with E-state index in [0.29, 0.717) is 29.7 Å². The number of carbonyl (C=O) groups is 3. The lowest BCUT2D eigenvalue weighted by Crippen LogP contribution is -2.47. The zero-order valence-corrected chi connectivity index (χ0v) is 35.8. The molecule has 0 bridgehead atoms. The molecule has 17 heteroatoms. The van der Waals surface area contributed by atoms with Gasteiger partial charge in [0.15, 0.2) is 4.84 Å². The van der Waals surface area contributed by atoms with E-state index in [2.05, 4.69) is 17.7 Å². The Morgan fingerprint density at radius 1 is 1.02 bits per heavy atom. The van der Waals surface area contributed by atoms with Crippen LogP contribution in [0.5, 0.6) is 17.2 Å². The van der Waals surface area contributed by atoms with E-state index in [4.69, 9.17) is 72.2 Å². The predicted octanol–water partition coefficient (Wildman–Crippen LogP) is 10.2. The molecule has 4 aromatic carbocycles. The maximum absolute atomic E-state index is 12.2. The van der Waals surface area contributed by atoms with Crippen molar-refractivity contribution in [1.29, 1.82) is 0 Å². The Labute approximate surface area is 356 Å². The van der Waals surface area contributed by atoms with E-state index in [9.17, 15) is 24.5 Å². The van der Waals surface area contributed by atoms with E-state index in [-0.39, 0.29) is 51.8 Å². The fourth-order valence-electron chi connectivity index (χ4n) is 5.76. The normalized spacial score (nSPS) is 13.4. The summed E-state index contributed by atoms with van der Waals surface area (Å²) in [7, 11) is 2.77. The van der Waals surface area contributed by atoms with E-state index < -0.39 is 15.7 Å². The van der Waals surface area contributed by atoms with E-state index in [1.54, 1.807) is 29.0 Å². The smallest absolute Gasteiger partial charge is 0.345 e. The van der Waals surface area contributed by atoms with Gasteiger partial charge in [0, 0.05) is 24.3 Å². The molecular weight excluding hydrogens is 844 g/mol. The number of nitro groups is 1. The monoisotopic (exact) mass is 883 g/mol. The summed E-state index contributed by atoms with van der Waals surface area (Å²) < 4.78 is 20.7. The number of amides is 2. The highest BCUT2D eigenvalue weighted by molar-refractivity contribution is 6.54. The third-order valence-corrected chi connectivity index (χ3v) is 9.47. The molecule has 2 unspecified atom stereocenters. The molecule has 0 aliphatic carbocycles. The van der Waals surface area contributed by atoms with Gasteiger partial charge in [-0.2, -0.15) is 0 Å². The SMILES string of the molecule is CC1COc2ccccc2N1C(=O)C(Cl)Cl.CCc1cccc(C)c1N(C(=O)CCl)C(C)COC.COC(=O)c1cc(Oc2ccc(Cl)cc2Cl)ccc1[N+](=O)[O-]. The molecule has 12 nitrogen and oxygen atoms in total. The van der Waals surface area contributed by atoms with Crippen molar-refractivity contribution >= 4 is 92.9 Å². The van der Waals surface area contributed by atoms with Gasteiger partial charge >= 0.3 is 5.97 Å². The van der Waals surface area contributed by atoms with E-state index in [1.807, 2.05) is 57.2 Å². The molecule has 0 N–H and O–H groups in total. The van der Waals surface area contributed by atoms with Crippen LogP contribution in [0.2, 0.25) is 10.0 Å². The lowest BCUT2D eigenvalue weighted by Gasteiger charge is -2.35. The van der Waals surface area contributed by atoms with Crippen LogP contribution in [0.1, 0.15) is 42.3 Å². The summed E-state index contributed by atoms with van der Waals surface area (Å²) in [5.74, 6) is -0.0685. The molecule has 0 spiro atoms. The molecule has 1 aliphatic rings. The topological polar surface area (TPSA) is 138 Å². The molecule has 5 rings (SSSR count). The first-order valence-electron chi connectivity index (χ1n) is 17.4. The van der Waals surface area contributed by atoms with Gasteiger partial charge in [0.1, 0.15) is 35.3 Å². The second-order valence-electron chi connectivity index (χ2n) is 12.4. The van der Waals surface area contributed by atoms with Crippen LogP contribution in [0.3, 0.4) is 0 Å². The van der Waals surface area contributed by atoms with Crippen molar-refractivity contribution in [3.8, 4) is 17.2 Å². The molecule has 1 aliphatic heterocycles. The average Bonchev–Trinajstić information content (AvgIpc) is 3.19. The molecule has 0 saturated heterocycles. The number of fused-ring (bicyclic) bond motifs is 1. The minimum atomic E-state index is -1.05. The molecule has 4 aromatic rings. The highest BCUT2D eigenvalue weighted by Gasteiger charge is 2.32. The summed E-state index contributed by atoms with van der Waals surface area (Å²) in [6, 6.07) is 21.7. The number of nitrogens with zero attached hydrogens (tertiary/aromatic N) is 3. The summed E-state index contributed by atoms with van der Waals surface area (Å²) in [5.41, 5.74) is 3.34. The Morgan fingerprint density at radius 3 is 2.32 bits per heavy atom. The van der Waals surface area contributed by atoms with Gasteiger partial charge in [0.05, 0.1) is 47.1 Å². The minimum Gasteiger partial charge on any atom is -0.489 e. The van der Waals surface area contributed by atoms with Crippen molar-refractivity contribution in [3.05, 3.63) is 116 Å². The van der Waals surface area contributed by atoms with Gasteiger partial charge < -0.3 is 28.7 Å². The van der Waals surface area contributed by atoms with Crippen molar-refractivity contribution in [2.24, 2.45) is 0 Å². The van der Waals surface area contributed by atoms with E-state index >= 15 is 0 Å². The van der Waals surface area contributed by atoms with Crippen LogP contribution >= 0.6 is 58.0 Å². The third-order valence-electron chi connectivity index (χ3n) is 8.34. The van der Waals surface area contributed by atoms with Gasteiger partial charge in [-0.3, -0.25) is 19.7 Å². The molecule has 0 fully saturated rings. The molecular formula is C40H42Cl5N3O9. The first kappa shape index (κ1) is 47.1. The van der Waals surface area contributed by atoms with Gasteiger partial charge in [-0.05, 0) is 74.7 Å². The lowest BCUT2D eigenvalue weighted by molar-refractivity contribution is -0.385. The first-order valence-corrected chi connectivity index (χ1v) is 19.5. The highest BCUT2D eigenvalue weighted by atomic mass is 35.5. The maximum Gasteiger partial charge on any atom is 0.345 e. The zero-order valence-electron chi connectivity index (χ0n) is 32.0. The number of ether oxygens (including phenoxy) is 4. The molecule has 0 aromatic heterocycles. The fraction of sp³-hybridized carbons (Fsp3) is 0.325. The molecule has 2 amide bonds. The second kappa shape index (κ2) is 22.6. The van der Waals surface area contributed by atoms with Crippen LogP contribution in [0.4, 0.5) is 17.1 Å². The number of hydrogen-bond acceptors (Lipinski definition) is 9. The summed E-state index contributed by atoms with van der Waals surface area (Å²) >= 11 is 28.8. The summed E-state index contributed by atoms with van der Waals surface area (Å²) in [5, 5.41) is 11.6. The van der Waals surface area contributed by atoms with Crippen LogP contribution < -0.4 is 19.3 Å². The molecule has 306 valence electrons. The number of anilines is 2. The second-order valence-corrected chi connectivity index (χ2v) is 14.6. The fourth-order valence-corrected chi connectivity index (χ4v) is 6.54. The first-order chi connectivity index (χ1) is 27.1. The maximum atomic E-state index is 12.2. The van der Waals surface area contributed by atoms with Gasteiger partial charge in [-0.1, -0.05) is 83.7 Å². The Bertz CT molecular complexity index is 2030. The van der Waals surface area contributed by atoms with Crippen molar-refractivity contribution in [1.82, 2.24) is 0 Å². The Morgan fingerprint density at radius 2 is 1.72 bits per heavy atom. The minimum absolute atomic E-state index is 0.0223. The van der Waals surface area contributed by atoms with Crippen molar-refractivity contribution in [2.45, 2.75) is 51.0 Å². The molecule has 0 saturated carbocycles. The number of para-hydroxylation sites is 3. The average molecular weight is 886 g/mol. The molecule has 2 atom stereocenters. The number of alkyl halides is 3. The van der Waals surface area contributed by atoms with Crippen molar-refractivity contribution in [3.63, 3.8) is 0 Å². The number of benzene rings is 4. The molecule has 1 heterocycles. The molecule has 0 radical (unpaired) electrons. The zero-order chi connectivity index (χ0) is 42.4. The largest absolute Gasteiger partial charge is 0.489 e. The van der Waals surface area contributed by atoms with E-state index in [0.717, 1.165) is 42.1 Å². The van der Waals surface area contributed by atoms with Gasteiger partial charge in [0.25, 0.3) is 11.6 Å². The van der Waals surface area contributed by atoms with Gasteiger partial charge in [0.2, 0.25) is 5.91 Å². The summed E-state index contributed by atoms with van der Waals surface area (Å²) in [4.78, 5) is 48.3. The number of halogens is 5. The standard InChI is InChI=1S/C15H22ClNO2.C14H9Cl2NO5.C11H11Cl2NO2/c1-5-13-8-6-7-11(2)15(13)17(14(18)9-16)12(3)10-19-4;1-21-14(18)10-7-9(3-4-12(10)17(19)20)22-13-5-2-8(15)6-11(13)16;1-7-6-16-9-5-3-2-4-8(9)14(7)11(15)10(12)13/h6-8,12H,5,9-10H2,1-4H3;2-7H,1H3;2-5,7,10H,6H2,1H3. The Kier molecular flexibility index (Phi) is 18.7. The van der Waals surface area contributed by atoms with Crippen LogP contribution in [0, 0.1) is 17.0 Å². The predicted molar refractivity (Wildman–Crippen MR) is 225 cm³/mol. The van der Waals surface area contributed by atoms with Crippen LogP contribution in [0.15, 0.2) is 78.9 Å². The summed E-state index contributed by atoms with van der Waals surface area (Å²) in [6.07, 6.45) is 0.878. The van der Waals surface area contributed by atoms with Crippen LogP contribution in [-0.4, -0.2) is 72.9 Å². The number of carbonyl (C=O) groups excluding carboxylic acids is 3. The lowest BCUT2D eigenvalue weighted by atomic mass is 10.0. The number of hydrogen-bond donors (Lipinski definition) is 0. The number of esters is 1. The number of nitro benzene ring substituents is 1. The van der Waals surface area contributed by atoms with Crippen molar-refractivity contribution in [2.75, 3.05) is 43.1 Å². The van der Waals surface area contributed by atoms with Crippen LogP contribution in [-0.2, 0) is 25.5 Å². The third kappa shape index (κ3) is 12.6. The van der Waals surface area contributed by atoms with Crippen LogP contribution in [0.25, 0.3) is 0 Å². The Balaban J connectivity index is 0.000000232.